The van der Waals surface area contributed by atoms with Crippen LogP contribution in [0.1, 0.15) is 21.5 Å². The lowest BCUT2D eigenvalue weighted by molar-refractivity contribution is -0.143. The van der Waals surface area contributed by atoms with Crippen molar-refractivity contribution in [2.45, 2.75) is 12.4 Å². The summed E-state index contributed by atoms with van der Waals surface area (Å²) in [7, 11) is 0. The van der Waals surface area contributed by atoms with Gasteiger partial charge in [-0.05, 0) is 60.7 Å². The zero-order valence-electron chi connectivity index (χ0n) is 19.1. The zero-order valence-corrected chi connectivity index (χ0v) is 19.9. The molecule has 200 valence electrons. The third-order valence-corrected chi connectivity index (χ3v) is 5.66. The Balaban J connectivity index is 1.54. The van der Waals surface area contributed by atoms with Gasteiger partial charge in [0.05, 0.1) is 23.4 Å². The first kappa shape index (κ1) is 27.1. The summed E-state index contributed by atoms with van der Waals surface area (Å²) in [5.74, 6) is -0.834. The SMILES string of the molecule is O=C(Nc1ccc2c(c1)N(CCOc1ccc(Cl)cc1)C(=O)CO2)c1cc(C(F)(F)F)cc(C(F)(F)F)c1. The summed E-state index contributed by atoms with van der Waals surface area (Å²) < 4.78 is 89.9. The number of amides is 2. The van der Waals surface area contributed by atoms with Crippen LogP contribution in [-0.2, 0) is 17.1 Å². The van der Waals surface area contributed by atoms with Gasteiger partial charge in [-0.25, -0.2) is 0 Å². The fraction of sp³-hybridized carbons (Fsp3) is 0.200. The van der Waals surface area contributed by atoms with Crippen molar-refractivity contribution in [2.75, 3.05) is 30.0 Å². The molecule has 0 saturated heterocycles. The van der Waals surface area contributed by atoms with Gasteiger partial charge in [-0.1, -0.05) is 11.6 Å². The van der Waals surface area contributed by atoms with Gasteiger partial charge in [-0.3, -0.25) is 9.59 Å². The first-order chi connectivity index (χ1) is 17.8. The maximum atomic E-state index is 13.2. The third kappa shape index (κ3) is 6.31. The van der Waals surface area contributed by atoms with Crippen LogP contribution in [0.2, 0.25) is 5.02 Å². The smallest absolute Gasteiger partial charge is 0.416 e. The van der Waals surface area contributed by atoms with Gasteiger partial charge in [0.15, 0.2) is 6.61 Å². The quantitative estimate of drug-likeness (QED) is 0.354. The fourth-order valence-corrected chi connectivity index (χ4v) is 3.73. The van der Waals surface area contributed by atoms with E-state index in [1.807, 2.05) is 0 Å². The van der Waals surface area contributed by atoms with Crippen molar-refractivity contribution in [3.8, 4) is 11.5 Å². The highest BCUT2D eigenvalue weighted by atomic mass is 35.5. The summed E-state index contributed by atoms with van der Waals surface area (Å²) in [5, 5.41) is 2.79. The average Bonchev–Trinajstić information content (AvgIpc) is 2.85. The number of nitrogens with zero attached hydrogens (tertiary/aromatic N) is 1. The molecule has 1 aliphatic heterocycles. The van der Waals surface area contributed by atoms with Crippen LogP contribution in [0.25, 0.3) is 0 Å². The molecule has 0 fully saturated rings. The molecule has 0 aromatic heterocycles. The van der Waals surface area contributed by atoms with Crippen LogP contribution in [-0.4, -0.2) is 31.6 Å². The van der Waals surface area contributed by atoms with Crippen LogP contribution in [0.3, 0.4) is 0 Å². The molecule has 1 aliphatic rings. The lowest BCUT2D eigenvalue weighted by Gasteiger charge is -2.29. The van der Waals surface area contributed by atoms with E-state index in [0.717, 1.165) is 0 Å². The van der Waals surface area contributed by atoms with Crippen molar-refractivity contribution in [3.05, 3.63) is 82.4 Å². The van der Waals surface area contributed by atoms with E-state index in [0.29, 0.717) is 22.9 Å². The number of fused-ring (bicyclic) bond motifs is 1. The number of benzene rings is 3. The Bertz CT molecular complexity index is 1330. The molecule has 0 spiro atoms. The highest BCUT2D eigenvalue weighted by molar-refractivity contribution is 6.30. The molecule has 0 saturated carbocycles. The maximum Gasteiger partial charge on any atom is 0.416 e. The minimum atomic E-state index is -5.10. The van der Waals surface area contributed by atoms with Gasteiger partial charge in [0.1, 0.15) is 18.1 Å². The second-order valence-electron chi connectivity index (χ2n) is 8.07. The Kier molecular flexibility index (Phi) is 7.45. The van der Waals surface area contributed by atoms with Crippen molar-refractivity contribution in [3.63, 3.8) is 0 Å². The number of alkyl halides is 6. The minimum Gasteiger partial charge on any atom is -0.492 e. The van der Waals surface area contributed by atoms with Gasteiger partial charge in [0.25, 0.3) is 11.8 Å². The van der Waals surface area contributed by atoms with Crippen molar-refractivity contribution < 1.29 is 45.4 Å². The number of carbonyl (C=O) groups is 2. The first-order valence-electron chi connectivity index (χ1n) is 10.9. The largest absolute Gasteiger partial charge is 0.492 e. The number of nitrogens with one attached hydrogen (secondary N) is 1. The normalized spacial score (nSPS) is 13.6. The number of rotatable bonds is 6. The van der Waals surface area contributed by atoms with E-state index < -0.39 is 40.9 Å². The van der Waals surface area contributed by atoms with Gasteiger partial charge < -0.3 is 19.7 Å². The van der Waals surface area contributed by atoms with Crippen LogP contribution in [0.4, 0.5) is 37.7 Å². The Morgan fingerprint density at radius 3 is 2.18 bits per heavy atom. The number of halogens is 7. The predicted octanol–water partition coefficient (Wildman–Crippen LogP) is 6.43. The van der Waals surface area contributed by atoms with E-state index in [-0.39, 0.29) is 42.9 Å². The Labute approximate surface area is 216 Å². The molecule has 4 rings (SSSR count). The number of ether oxygens (including phenoxy) is 2. The molecule has 0 unspecified atom stereocenters. The first-order valence-corrected chi connectivity index (χ1v) is 11.3. The van der Waals surface area contributed by atoms with Gasteiger partial charge in [-0.2, -0.15) is 26.3 Å². The number of carbonyl (C=O) groups excluding carboxylic acids is 2. The van der Waals surface area contributed by atoms with E-state index in [1.165, 1.54) is 23.1 Å². The molecule has 1 heterocycles. The lowest BCUT2D eigenvalue weighted by atomic mass is 10.0. The Morgan fingerprint density at radius 1 is 0.947 bits per heavy atom. The molecule has 2 amide bonds. The standard InChI is InChI=1S/C25H17ClF6N2O4/c26-17-1-4-19(5-2-17)37-8-7-34-20-12-18(3-6-21(20)38-13-22(34)35)33-23(36)14-9-15(24(27,28)29)11-16(10-14)25(30,31)32/h1-6,9-12H,7-8,13H2,(H,33,36). The second-order valence-corrected chi connectivity index (χ2v) is 8.50. The van der Waals surface area contributed by atoms with Crippen LogP contribution < -0.4 is 19.7 Å². The molecule has 0 aliphatic carbocycles. The van der Waals surface area contributed by atoms with Gasteiger partial charge >= 0.3 is 12.4 Å². The molecule has 0 atom stereocenters. The van der Waals surface area contributed by atoms with E-state index in [9.17, 15) is 35.9 Å². The van der Waals surface area contributed by atoms with E-state index >= 15 is 0 Å². The number of hydrogen-bond acceptors (Lipinski definition) is 4. The van der Waals surface area contributed by atoms with Crippen LogP contribution in [0, 0.1) is 0 Å². The van der Waals surface area contributed by atoms with Crippen LogP contribution >= 0.6 is 11.6 Å². The summed E-state index contributed by atoms with van der Waals surface area (Å²) in [6.45, 7) is -0.101. The molecule has 0 bridgehead atoms. The van der Waals surface area contributed by atoms with Crippen molar-refractivity contribution in [2.24, 2.45) is 0 Å². The second kappa shape index (κ2) is 10.4. The molecule has 1 N–H and O–H groups in total. The van der Waals surface area contributed by atoms with E-state index in [4.69, 9.17) is 21.1 Å². The minimum absolute atomic E-state index is 0.0154. The molecule has 3 aromatic carbocycles. The molecule has 38 heavy (non-hydrogen) atoms. The lowest BCUT2D eigenvalue weighted by Crippen LogP contribution is -2.41. The van der Waals surface area contributed by atoms with Gasteiger partial charge in [-0.15, -0.1) is 0 Å². The zero-order chi connectivity index (χ0) is 27.7. The predicted molar refractivity (Wildman–Crippen MR) is 126 cm³/mol. The van der Waals surface area contributed by atoms with Crippen molar-refractivity contribution in [1.29, 1.82) is 0 Å². The summed E-state index contributed by atoms with van der Waals surface area (Å²) in [4.78, 5) is 26.5. The summed E-state index contributed by atoms with van der Waals surface area (Å²) in [6, 6.07) is 11.2. The molecule has 3 aromatic rings. The maximum absolute atomic E-state index is 13.2. The summed E-state index contributed by atoms with van der Waals surface area (Å²) in [6.07, 6.45) is -10.2. The Hall–Kier alpha value is -3.93. The van der Waals surface area contributed by atoms with Gasteiger partial charge in [0, 0.05) is 16.3 Å². The molecular formula is C25H17ClF6N2O4. The summed E-state index contributed by atoms with van der Waals surface area (Å²) >= 11 is 5.84. The monoisotopic (exact) mass is 558 g/mol. The average molecular weight is 559 g/mol. The molecule has 0 radical (unpaired) electrons. The highest BCUT2D eigenvalue weighted by Gasteiger charge is 2.37. The van der Waals surface area contributed by atoms with E-state index in [2.05, 4.69) is 5.32 Å². The molecule has 6 nitrogen and oxygen atoms in total. The van der Waals surface area contributed by atoms with E-state index in [1.54, 1.807) is 24.3 Å². The number of anilines is 2. The summed E-state index contributed by atoms with van der Waals surface area (Å²) in [5.41, 5.74) is -3.83. The molecule has 13 heteroatoms. The van der Waals surface area contributed by atoms with Crippen molar-refractivity contribution >= 4 is 34.8 Å². The van der Waals surface area contributed by atoms with Crippen LogP contribution in [0.15, 0.2) is 60.7 Å². The fourth-order valence-electron chi connectivity index (χ4n) is 3.60. The molecular weight excluding hydrogens is 542 g/mol. The Morgan fingerprint density at radius 2 is 1.58 bits per heavy atom. The topological polar surface area (TPSA) is 67.9 Å². The number of hydrogen-bond donors (Lipinski definition) is 1. The third-order valence-electron chi connectivity index (χ3n) is 5.41. The van der Waals surface area contributed by atoms with Crippen molar-refractivity contribution in [1.82, 2.24) is 0 Å². The highest BCUT2D eigenvalue weighted by Crippen LogP contribution is 2.37. The van der Waals surface area contributed by atoms with Gasteiger partial charge in [0.2, 0.25) is 0 Å². The van der Waals surface area contributed by atoms with Crippen LogP contribution in [0.5, 0.6) is 11.5 Å².